The molecule has 0 bridgehead atoms. The van der Waals surface area contributed by atoms with Gasteiger partial charge in [0.05, 0.1) is 26.4 Å². The monoisotopic (exact) mass is 761 g/mol. The summed E-state index contributed by atoms with van der Waals surface area (Å²) in [6.45, 7) is 0.390. The van der Waals surface area contributed by atoms with Crippen molar-refractivity contribution in [1.82, 2.24) is 0 Å². The van der Waals surface area contributed by atoms with Crippen molar-refractivity contribution in [2.45, 2.75) is 141 Å². The maximum Gasteiger partial charge on any atom is 0.472 e. The largest absolute Gasteiger partial charge is 0.472 e. The molecular formula is C44H73O8P. The summed E-state index contributed by atoms with van der Waals surface area (Å²) < 4.78 is 34.5. The third-order valence-corrected chi connectivity index (χ3v) is 18.9. The van der Waals surface area contributed by atoms with Crippen LogP contribution in [0.1, 0.15) is 128 Å². The van der Waals surface area contributed by atoms with Crippen LogP contribution >= 0.6 is 7.82 Å². The zero-order valence-corrected chi connectivity index (χ0v) is 33.5. The summed E-state index contributed by atoms with van der Waals surface area (Å²) in [7, 11) is -4.38. The molecule has 0 amide bonds. The van der Waals surface area contributed by atoms with Gasteiger partial charge in [-0.2, -0.15) is 0 Å². The van der Waals surface area contributed by atoms with Crippen LogP contribution in [0.2, 0.25) is 0 Å². The number of hydrogen-bond donors (Lipinski definition) is 3. The van der Waals surface area contributed by atoms with Crippen LogP contribution in [0.3, 0.4) is 0 Å². The number of aliphatic hydroxyl groups is 2. The van der Waals surface area contributed by atoms with Gasteiger partial charge in [0.15, 0.2) is 0 Å². The van der Waals surface area contributed by atoms with E-state index in [1.165, 1.54) is 101 Å². The van der Waals surface area contributed by atoms with Crippen molar-refractivity contribution in [3.8, 4) is 0 Å². The Morgan fingerprint density at radius 1 is 0.547 bits per heavy atom. The van der Waals surface area contributed by atoms with Crippen LogP contribution in [0.4, 0.5) is 0 Å². The van der Waals surface area contributed by atoms with Gasteiger partial charge in [-0.25, -0.2) is 4.57 Å². The molecule has 9 fully saturated rings. The van der Waals surface area contributed by atoms with Gasteiger partial charge >= 0.3 is 7.82 Å². The van der Waals surface area contributed by atoms with Crippen molar-refractivity contribution in [1.29, 1.82) is 0 Å². The fourth-order valence-electron chi connectivity index (χ4n) is 15.2. The van der Waals surface area contributed by atoms with Gasteiger partial charge in [0.2, 0.25) is 0 Å². The molecule has 53 heavy (non-hydrogen) atoms. The molecule has 9 aliphatic rings. The van der Waals surface area contributed by atoms with Crippen LogP contribution in [0.5, 0.6) is 0 Å². The Bertz CT molecular complexity index is 1250. The second-order valence-corrected chi connectivity index (χ2v) is 21.5. The molecular weight excluding hydrogens is 687 g/mol. The van der Waals surface area contributed by atoms with E-state index in [1.54, 1.807) is 32.1 Å². The Morgan fingerprint density at radius 2 is 1.11 bits per heavy atom. The number of aliphatic hydroxyl groups excluding tert-OH is 2. The van der Waals surface area contributed by atoms with Crippen molar-refractivity contribution in [3.05, 3.63) is 0 Å². The van der Waals surface area contributed by atoms with Gasteiger partial charge in [0, 0.05) is 13.2 Å². The Labute approximate surface area is 320 Å². The molecule has 9 rings (SSSR count). The first-order valence-electron chi connectivity index (χ1n) is 23.0. The summed E-state index contributed by atoms with van der Waals surface area (Å²) in [6, 6.07) is 0. The van der Waals surface area contributed by atoms with E-state index in [-0.39, 0.29) is 6.61 Å². The van der Waals surface area contributed by atoms with E-state index in [0.29, 0.717) is 19.8 Å². The Balaban J connectivity index is 0.602. The summed E-state index contributed by atoms with van der Waals surface area (Å²) in [6.07, 6.45) is 25.7. The summed E-state index contributed by atoms with van der Waals surface area (Å²) in [5, 5.41) is 18.5. The fourth-order valence-corrected chi connectivity index (χ4v) is 16.0. The minimum absolute atomic E-state index is 0.122. The number of unbranched alkanes of at least 4 members (excludes halogenated alkanes) is 8. The lowest BCUT2D eigenvalue weighted by Crippen LogP contribution is -2.80. The van der Waals surface area contributed by atoms with Crippen molar-refractivity contribution < 1.29 is 38.2 Å². The number of rotatable bonds is 26. The third-order valence-electron chi connectivity index (χ3n) is 17.9. The summed E-state index contributed by atoms with van der Waals surface area (Å²) in [5.41, 5.74) is 0. The first-order chi connectivity index (χ1) is 25.9. The maximum absolute atomic E-state index is 12.3. The highest BCUT2D eigenvalue weighted by atomic mass is 31.2. The zero-order valence-electron chi connectivity index (χ0n) is 32.6. The molecule has 302 valence electrons. The Hall–Kier alpha value is -0.0500. The minimum Gasteiger partial charge on any atom is -0.394 e. The SMILES string of the molecule is O=P(O)(OC[C@@H](O)CO)OC[C@@H](COCCCCCCC1CC2C1C1C3C4CCC4C3C21)OCCCCCCCCC1CCC2C(C1)C1C3CCC3C21. The number of phosphoric ester groups is 1. The van der Waals surface area contributed by atoms with E-state index >= 15 is 0 Å². The maximum atomic E-state index is 12.3. The molecule has 0 aliphatic heterocycles. The average molecular weight is 761 g/mol. The molecule has 0 aromatic carbocycles. The predicted molar refractivity (Wildman–Crippen MR) is 204 cm³/mol. The van der Waals surface area contributed by atoms with Gasteiger partial charge in [-0.05, 0) is 152 Å². The second-order valence-electron chi connectivity index (χ2n) is 20.1. The second kappa shape index (κ2) is 16.7. The molecule has 0 aromatic rings. The lowest BCUT2D eigenvalue weighted by molar-refractivity contribution is -0.375. The Morgan fingerprint density at radius 3 is 1.85 bits per heavy atom. The quantitative estimate of drug-likeness (QED) is 0.0456. The van der Waals surface area contributed by atoms with Crippen LogP contribution in [0, 0.1) is 94.7 Å². The molecule has 0 aromatic heterocycles. The fraction of sp³-hybridized carbons (Fsp3) is 1.00. The molecule has 9 aliphatic carbocycles. The highest BCUT2D eigenvalue weighted by Gasteiger charge is 2.79. The molecule has 9 saturated carbocycles. The van der Waals surface area contributed by atoms with Crippen molar-refractivity contribution >= 4 is 7.82 Å². The highest BCUT2D eigenvalue weighted by Crippen LogP contribution is 2.84. The number of phosphoric acid groups is 1. The van der Waals surface area contributed by atoms with Crippen LogP contribution < -0.4 is 0 Å². The van der Waals surface area contributed by atoms with Gasteiger partial charge < -0.3 is 24.6 Å². The molecule has 3 N–H and O–H groups in total. The third kappa shape index (κ3) is 7.44. The van der Waals surface area contributed by atoms with E-state index in [0.717, 1.165) is 90.3 Å². The van der Waals surface area contributed by atoms with Gasteiger partial charge in [-0.3, -0.25) is 9.05 Å². The highest BCUT2D eigenvalue weighted by molar-refractivity contribution is 7.47. The van der Waals surface area contributed by atoms with E-state index in [9.17, 15) is 14.6 Å². The van der Waals surface area contributed by atoms with Crippen LogP contribution in [0.25, 0.3) is 0 Å². The molecule has 19 atom stereocenters. The minimum atomic E-state index is -4.38. The topological polar surface area (TPSA) is 115 Å². The van der Waals surface area contributed by atoms with Gasteiger partial charge in [0.1, 0.15) is 12.2 Å². The van der Waals surface area contributed by atoms with Crippen LogP contribution in [0.15, 0.2) is 0 Å². The first-order valence-corrected chi connectivity index (χ1v) is 24.5. The summed E-state index contributed by atoms with van der Waals surface area (Å²) >= 11 is 0. The van der Waals surface area contributed by atoms with Gasteiger partial charge in [-0.15, -0.1) is 0 Å². The smallest absolute Gasteiger partial charge is 0.394 e. The number of hydrogen-bond acceptors (Lipinski definition) is 7. The zero-order chi connectivity index (χ0) is 36.1. The lowest BCUT2D eigenvalue weighted by Gasteiger charge is -2.85. The van der Waals surface area contributed by atoms with Crippen molar-refractivity contribution in [3.63, 3.8) is 0 Å². The normalized spacial score (nSPS) is 45.3. The van der Waals surface area contributed by atoms with Crippen LogP contribution in [-0.2, 0) is 23.1 Å². The standard InChI is InChI=1S/C44H73O8P/c45-23-29(46)24-51-53(47,48)52-26-30(25-49-19-9-6-4-8-12-28-22-37-38(28)44-42-34-18-17-33(34)41(42)43(37)44)50-20-10-5-2-1-3-7-11-27-13-14-35-36(21-27)40-32-16-15-31(32)39(35)40/h27-46H,1-26H2,(H,47,48)/t27?,28?,29-,30+,31?,32?,33?,34?,35?,36?,37?,38?,39?,40?,41?,42?,43?,44?/m0/s1. The average Bonchev–Trinajstić information content (AvgIpc) is 3.12. The molecule has 0 saturated heterocycles. The van der Waals surface area contributed by atoms with E-state index in [2.05, 4.69) is 0 Å². The molecule has 9 heteroatoms. The molecule has 8 nitrogen and oxygen atoms in total. The van der Waals surface area contributed by atoms with Gasteiger partial charge in [-0.1, -0.05) is 70.6 Å². The predicted octanol–water partition coefficient (Wildman–Crippen LogP) is 8.66. The number of ether oxygens (including phenoxy) is 2. The molecule has 0 spiro atoms. The summed E-state index contributed by atoms with van der Waals surface area (Å²) in [5.74, 6) is 18.1. The molecule has 0 heterocycles. The van der Waals surface area contributed by atoms with Crippen molar-refractivity contribution in [2.24, 2.45) is 94.7 Å². The van der Waals surface area contributed by atoms with E-state index in [1.807, 2.05) is 0 Å². The number of fused-ring (bicyclic) bond motifs is 17. The van der Waals surface area contributed by atoms with Crippen LogP contribution in [-0.4, -0.2) is 67.0 Å². The molecule has 0 radical (unpaired) electrons. The van der Waals surface area contributed by atoms with Gasteiger partial charge in [0.25, 0.3) is 0 Å². The van der Waals surface area contributed by atoms with E-state index < -0.39 is 33.2 Å². The lowest BCUT2D eigenvalue weighted by atomic mass is 9.20. The van der Waals surface area contributed by atoms with Crippen molar-refractivity contribution in [2.75, 3.05) is 39.6 Å². The summed E-state index contributed by atoms with van der Waals surface area (Å²) in [4.78, 5) is 10.1. The first kappa shape index (κ1) is 38.5. The van der Waals surface area contributed by atoms with E-state index in [4.69, 9.17) is 23.6 Å². The Kier molecular flexibility index (Phi) is 12.1. The molecule has 17 unspecified atom stereocenters.